The Morgan fingerprint density at radius 1 is 0.902 bits per heavy atom. The lowest BCUT2D eigenvalue weighted by molar-refractivity contribution is -0.248. The van der Waals surface area contributed by atoms with E-state index in [0.29, 0.717) is 29.6 Å². The molecule has 0 bridgehead atoms. The molecule has 0 saturated heterocycles. The molecular formula is C36H55ClO4. The number of ether oxygens (including phenoxy) is 1. The van der Waals surface area contributed by atoms with Crippen LogP contribution in [0, 0.1) is 62.1 Å². The zero-order chi connectivity index (χ0) is 30.4. The number of halogens is 1. The Hall–Kier alpha value is -1.16. The fourth-order valence-electron chi connectivity index (χ4n) is 12.2. The van der Waals surface area contributed by atoms with Gasteiger partial charge in [0.05, 0.1) is 6.42 Å². The minimum atomic E-state index is -0.920. The maximum absolute atomic E-state index is 13.0. The van der Waals surface area contributed by atoms with Crippen molar-refractivity contribution in [2.45, 2.75) is 132 Å². The van der Waals surface area contributed by atoms with Gasteiger partial charge in [0.25, 0.3) is 0 Å². The van der Waals surface area contributed by atoms with Crippen molar-refractivity contribution in [3.63, 3.8) is 0 Å². The SMILES string of the molecule is C=C(C)C1CC[C@]2(C=O)CC[C@]3(C)C(CCC4[C@@]5(C)CC[C@H](OC(=O)CC(C)(C)C(=O)Cl)C(C)(C)C5CC[C@]43C)C12. The molecule has 5 fully saturated rings. The molecule has 0 radical (unpaired) electrons. The number of hydrogen-bond donors (Lipinski definition) is 0. The van der Waals surface area contributed by atoms with Crippen molar-refractivity contribution in [1.29, 1.82) is 0 Å². The number of hydrogen-bond acceptors (Lipinski definition) is 4. The highest BCUT2D eigenvalue weighted by molar-refractivity contribution is 6.64. The van der Waals surface area contributed by atoms with E-state index in [9.17, 15) is 14.4 Å². The lowest BCUT2D eigenvalue weighted by atomic mass is 9.32. The molecule has 5 unspecified atom stereocenters. The van der Waals surface area contributed by atoms with Crippen molar-refractivity contribution in [2.24, 2.45) is 62.1 Å². The number of esters is 1. The summed E-state index contributed by atoms with van der Waals surface area (Å²) in [6.45, 7) is 22.4. The average Bonchev–Trinajstić information content (AvgIpc) is 3.26. The molecule has 0 amide bonds. The van der Waals surface area contributed by atoms with E-state index in [1.807, 2.05) is 0 Å². The highest BCUT2D eigenvalue weighted by atomic mass is 35.5. The van der Waals surface area contributed by atoms with Crippen LogP contribution in [-0.4, -0.2) is 23.6 Å². The van der Waals surface area contributed by atoms with Crippen LogP contribution in [0.3, 0.4) is 0 Å². The molecule has 5 aliphatic carbocycles. The molecule has 10 atom stereocenters. The lowest BCUT2D eigenvalue weighted by Crippen LogP contribution is -2.67. The number of allylic oxidation sites excluding steroid dienone is 1. The quantitative estimate of drug-likeness (QED) is 0.135. The third-order valence-corrected chi connectivity index (χ3v) is 15.2. The van der Waals surface area contributed by atoms with Gasteiger partial charge < -0.3 is 9.53 Å². The van der Waals surface area contributed by atoms with Crippen LogP contribution in [0.4, 0.5) is 0 Å². The highest BCUT2D eigenvalue weighted by Gasteiger charge is 2.71. The Morgan fingerprint density at radius 3 is 2.20 bits per heavy atom. The fraction of sp³-hybridized carbons (Fsp3) is 0.861. The van der Waals surface area contributed by atoms with Gasteiger partial charge in [-0.05, 0) is 129 Å². The van der Waals surface area contributed by atoms with E-state index in [1.54, 1.807) is 13.8 Å². The van der Waals surface area contributed by atoms with Gasteiger partial charge in [0.15, 0.2) is 0 Å². The lowest BCUT2D eigenvalue weighted by Gasteiger charge is -2.72. The average molecular weight is 587 g/mol. The maximum Gasteiger partial charge on any atom is 0.307 e. The van der Waals surface area contributed by atoms with E-state index in [0.717, 1.165) is 44.9 Å². The molecule has 0 aliphatic heterocycles. The molecule has 5 rings (SSSR count). The van der Waals surface area contributed by atoms with E-state index in [4.69, 9.17) is 16.3 Å². The smallest absolute Gasteiger partial charge is 0.307 e. The molecule has 5 aliphatic rings. The zero-order valence-electron chi connectivity index (χ0n) is 27.0. The molecule has 5 heteroatoms. The summed E-state index contributed by atoms with van der Waals surface area (Å²) in [4.78, 5) is 37.5. The van der Waals surface area contributed by atoms with Crippen LogP contribution < -0.4 is 0 Å². The minimum absolute atomic E-state index is 0.0128. The van der Waals surface area contributed by atoms with E-state index in [2.05, 4.69) is 48.1 Å². The summed E-state index contributed by atoms with van der Waals surface area (Å²) in [5.41, 5.74) is 0.684. The van der Waals surface area contributed by atoms with Gasteiger partial charge in [-0.2, -0.15) is 0 Å². The van der Waals surface area contributed by atoms with Gasteiger partial charge >= 0.3 is 5.97 Å². The predicted molar refractivity (Wildman–Crippen MR) is 164 cm³/mol. The Balaban J connectivity index is 1.41. The standard InChI is InChI=1S/C36H55ClO4/c1-22(2)23-12-17-36(21-38)19-18-34(8)24(29(23)36)10-11-26-33(7)15-14-27(41-28(39)20-31(3,4)30(37)40)32(5,6)25(33)13-16-35(26,34)9/h21,23-27,29H,1,10-20H2,2-9H3/t23?,24?,25?,26?,27-,29?,33-,34+,35+,36+/m0/s1. The highest BCUT2D eigenvalue weighted by Crippen LogP contribution is 2.77. The molecule has 0 aromatic heterocycles. The second kappa shape index (κ2) is 9.93. The maximum atomic E-state index is 13.0. The van der Waals surface area contributed by atoms with E-state index >= 15 is 0 Å². The summed E-state index contributed by atoms with van der Waals surface area (Å²) < 4.78 is 6.17. The molecule has 41 heavy (non-hydrogen) atoms. The Kier molecular flexibility index (Phi) is 7.57. The number of carbonyl (C=O) groups excluding carboxylic acids is 3. The van der Waals surface area contributed by atoms with Crippen LogP contribution in [0.1, 0.15) is 126 Å². The number of fused-ring (bicyclic) bond motifs is 7. The first-order valence-corrected chi connectivity index (χ1v) is 16.8. The summed E-state index contributed by atoms with van der Waals surface area (Å²) in [5, 5.41) is -0.499. The molecule has 5 saturated carbocycles. The fourth-order valence-corrected chi connectivity index (χ4v) is 12.3. The van der Waals surface area contributed by atoms with Crippen LogP contribution in [0.25, 0.3) is 0 Å². The molecule has 0 heterocycles. The summed E-state index contributed by atoms with van der Waals surface area (Å²) in [6.07, 6.45) is 12.3. The third kappa shape index (κ3) is 4.37. The van der Waals surface area contributed by atoms with Crippen LogP contribution in [0.5, 0.6) is 0 Å². The van der Waals surface area contributed by atoms with Crippen molar-refractivity contribution >= 4 is 29.1 Å². The molecular weight excluding hydrogens is 532 g/mol. The number of aldehydes is 1. The third-order valence-electron chi connectivity index (χ3n) is 14.7. The monoisotopic (exact) mass is 586 g/mol. The number of carbonyl (C=O) groups is 3. The first-order chi connectivity index (χ1) is 18.9. The van der Waals surface area contributed by atoms with Crippen LogP contribution in [0.15, 0.2) is 12.2 Å². The van der Waals surface area contributed by atoms with Crippen molar-refractivity contribution in [3.8, 4) is 0 Å². The van der Waals surface area contributed by atoms with Gasteiger partial charge in [0, 0.05) is 16.2 Å². The van der Waals surface area contributed by atoms with Crippen molar-refractivity contribution in [1.82, 2.24) is 0 Å². The van der Waals surface area contributed by atoms with E-state index in [-0.39, 0.29) is 45.6 Å². The molecule has 0 aromatic rings. The minimum Gasteiger partial charge on any atom is -0.462 e. The van der Waals surface area contributed by atoms with Gasteiger partial charge in [-0.1, -0.05) is 60.6 Å². The summed E-state index contributed by atoms with van der Waals surface area (Å²) in [5.74, 6) is 2.26. The number of rotatable bonds is 6. The molecule has 4 nitrogen and oxygen atoms in total. The molecule has 0 spiro atoms. The van der Waals surface area contributed by atoms with Crippen molar-refractivity contribution < 1.29 is 19.1 Å². The summed E-state index contributed by atoms with van der Waals surface area (Å²) >= 11 is 5.76. The Labute approximate surface area is 254 Å². The molecule has 0 N–H and O–H groups in total. The molecule has 230 valence electrons. The topological polar surface area (TPSA) is 60.4 Å². The first kappa shape index (κ1) is 31.3. The van der Waals surface area contributed by atoms with Gasteiger partial charge in [-0.15, -0.1) is 0 Å². The second-order valence-corrected chi connectivity index (χ2v) is 17.6. The Morgan fingerprint density at radius 2 is 1.59 bits per heavy atom. The van der Waals surface area contributed by atoms with Crippen molar-refractivity contribution in [3.05, 3.63) is 12.2 Å². The van der Waals surface area contributed by atoms with E-state index in [1.165, 1.54) is 31.1 Å². The van der Waals surface area contributed by atoms with Gasteiger partial charge in [0.1, 0.15) is 12.4 Å². The molecule has 0 aromatic carbocycles. The van der Waals surface area contributed by atoms with Gasteiger partial charge in [-0.25, -0.2) is 0 Å². The second-order valence-electron chi connectivity index (χ2n) is 17.2. The van der Waals surface area contributed by atoms with Crippen LogP contribution >= 0.6 is 11.6 Å². The van der Waals surface area contributed by atoms with Gasteiger partial charge in [-0.3, -0.25) is 9.59 Å². The van der Waals surface area contributed by atoms with Crippen LogP contribution in [-0.2, 0) is 19.1 Å². The van der Waals surface area contributed by atoms with E-state index < -0.39 is 10.7 Å². The Bertz CT molecular complexity index is 1120. The predicted octanol–water partition coefficient (Wildman–Crippen LogP) is 8.94. The normalized spacial score (nSPS) is 46.8. The largest absolute Gasteiger partial charge is 0.462 e. The van der Waals surface area contributed by atoms with Gasteiger partial charge in [0.2, 0.25) is 5.24 Å². The van der Waals surface area contributed by atoms with Crippen LogP contribution in [0.2, 0.25) is 0 Å². The van der Waals surface area contributed by atoms with Crippen molar-refractivity contribution in [2.75, 3.05) is 0 Å². The first-order valence-electron chi connectivity index (χ1n) is 16.4. The summed E-state index contributed by atoms with van der Waals surface area (Å²) in [7, 11) is 0. The summed E-state index contributed by atoms with van der Waals surface area (Å²) in [6, 6.07) is 0. The zero-order valence-corrected chi connectivity index (χ0v) is 27.8.